The molecule has 0 amide bonds. The first-order valence-electron chi connectivity index (χ1n) is 7.89. The SMILES string of the molecule is CCCNC(c1ccccc1OCC)C1CCCOC1. The second-order valence-electron chi connectivity index (χ2n) is 5.38. The van der Waals surface area contributed by atoms with Crippen molar-refractivity contribution < 1.29 is 9.47 Å². The van der Waals surface area contributed by atoms with Gasteiger partial charge in [-0.15, -0.1) is 0 Å². The van der Waals surface area contributed by atoms with Gasteiger partial charge < -0.3 is 14.8 Å². The van der Waals surface area contributed by atoms with Gasteiger partial charge in [-0.05, 0) is 38.8 Å². The molecule has 3 nitrogen and oxygen atoms in total. The van der Waals surface area contributed by atoms with Crippen LogP contribution in [0.5, 0.6) is 5.75 Å². The third-order valence-electron chi connectivity index (χ3n) is 3.84. The average Bonchev–Trinajstić information content (AvgIpc) is 2.50. The maximum absolute atomic E-state index is 5.81. The molecule has 2 atom stereocenters. The molecule has 1 aliphatic heterocycles. The van der Waals surface area contributed by atoms with Gasteiger partial charge in [0.2, 0.25) is 0 Å². The van der Waals surface area contributed by atoms with E-state index >= 15 is 0 Å². The van der Waals surface area contributed by atoms with Crippen molar-refractivity contribution in [1.29, 1.82) is 0 Å². The molecular weight excluding hydrogens is 250 g/mol. The van der Waals surface area contributed by atoms with Crippen LogP contribution in [0.3, 0.4) is 0 Å². The fourth-order valence-electron chi connectivity index (χ4n) is 2.88. The van der Waals surface area contributed by atoms with E-state index in [0.29, 0.717) is 18.6 Å². The van der Waals surface area contributed by atoms with Crippen molar-refractivity contribution in [2.24, 2.45) is 5.92 Å². The second kappa shape index (κ2) is 8.28. The summed E-state index contributed by atoms with van der Waals surface area (Å²) in [5.41, 5.74) is 1.28. The van der Waals surface area contributed by atoms with E-state index in [1.807, 2.05) is 13.0 Å². The van der Waals surface area contributed by atoms with E-state index in [4.69, 9.17) is 9.47 Å². The fraction of sp³-hybridized carbons (Fsp3) is 0.647. The molecule has 20 heavy (non-hydrogen) atoms. The monoisotopic (exact) mass is 277 g/mol. The van der Waals surface area contributed by atoms with Crippen molar-refractivity contribution in [2.75, 3.05) is 26.4 Å². The Bertz CT molecular complexity index is 388. The number of para-hydroxylation sites is 1. The number of ether oxygens (including phenoxy) is 2. The minimum absolute atomic E-state index is 0.331. The van der Waals surface area contributed by atoms with Crippen LogP contribution in [0.4, 0.5) is 0 Å². The van der Waals surface area contributed by atoms with Gasteiger partial charge in [0.1, 0.15) is 5.75 Å². The Hall–Kier alpha value is -1.06. The standard InChI is InChI=1S/C17H27NO2/c1-3-11-18-17(14-8-7-12-19-13-14)15-9-5-6-10-16(15)20-4-2/h5-6,9-10,14,17-18H,3-4,7-8,11-13H2,1-2H3. The van der Waals surface area contributed by atoms with Gasteiger partial charge in [-0.1, -0.05) is 25.1 Å². The quantitative estimate of drug-likeness (QED) is 0.826. The van der Waals surface area contributed by atoms with Crippen LogP contribution >= 0.6 is 0 Å². The number of rotatable bonds is 7. The van der Waals surface area contributed by atoms with Crippen molar-refractivity contribution in [3.8, 4) is 5.75 Å². The van der Waals surface area contributed by atoms with Gasteiger partial charge in [-0.2, -0.15) is 0 Å². The van der Waals surface area contributed by atoms with Gasteiger partial charge in [0.25, 0.3) is 0 Å². The van der Waals surface area contributed by atoms with Gasteiger partial charge >= 0.3 is 0 Å². The Morgan fingerprint density at radius 3 is 2.90 bits per heavy atom. The lowest BCUT2D eigenvalue weighted by molar-refractivity contribution is 0.0386. The molecule has 1 aliphatic rings. The smallest absolute Gasteiger partial charge is 0.124 e. The summed E-state index contributed by atoms with van der Waals surface area (Å²) in [5, 5.41) is 3.69. The van der Waals surface area contributed by atoms with E-state index in [-0.39, 0.29) is 0 Å². The zero-order valence-corrected chi connectivity index (χ0v) is 12.7. The van der Waals surface area contributed by atoms with Crippen molar-refractivity contribution in [3.05, 3.63) is 29.8 Å². The third-order valence-corrected chi connectivity index (χ3v) is 3.84. The lowest BCUT2D eigenvalue weighted by Gasteiger charge is -2.32. The molecule has 0 bridgehead atoms. The van der Waals surface area contributed by atoms with Crippen LogP contribution in [-0.2, 0) is 4.74 Å². The molecule has 0 spiro atoms. The molecule has 0 aromatic heterocycles. The molecule has 0 aliphatic carbocycles. The highest BCUT2D eigenvalue weighted by atomic mass is 16.5. The predicted molar refractivity (Wildman–Crippen MR) is 82.2 cm³/mol. The minimum Gasteiger partial charge on any atom is -0.494 e. The van der Waals surface area contributed by atoms with Gasteiger partial charge in [0.05, 0.1) is 13.2 Å². The molecule has 112 valence electrons. The number of hydrogen-bond acceptors (Lipinski definition) is 3. The van der Waals surface area contributed by atoms with Crippen LogP contribution < -0.4 is 10.1 Å². The zero-order valence-electron chi connectivity index (χ0n) is 12.7. The van der Waals surface area contributed by atoms with Crippen LogP contribution in [0.15, 0.2) is 24.3 Å². The van der Waals surface area contributed by atoms with Crippen LogP contribution in [0.2, 0.25) is 0 Å². The van der Waals surface area contributed by atoms with E-state index in [2.05, 4.69) is 30.4 Å². The summed E-state index contributed by atoms with van der Waals surface area (Å²) in [4.78, 5) is 0. The number of hydrogen-bond donors (Lipinski definition) is 1. The van der Waals surface area contributed by atoms with Crippen molar-refractivity contribution in [3.63, 3.8) is 0 Å². The second-order valence-corrected chi connectivity index (χ2v) is 5.38. The maximum Gasteiger partial charge on any atom is 0.124 e. The Morgan fingerprint density at radius 2 is 2.20 bits per heavy atom. The van der Waals surface area contributed by atoms with Gasteiger partial charge in [0.15, 0.2) is 0 Å². The summed E-state index contributed by atoms with van der Waals surface area (Å²) in [6.07, 6.45) is 3.52. The summed E-state index contributed by atoms with van der Waals surface area (Å²) in [7, 11) is 0. The summed E-state index contributed by atoms with van der Waals surface area (Å²) in [5.74, 6) is 1.55. The molecule has 2 rings (SSSR count). The van der Waals surface area contributed by atoms with Crippen LogP contribution in [0.1, 0.15) is 44.7 Å². The van der Waals surface area contributed by atoms with Crippen molar-refractivity contribution in [1.82, 2.24) is 5.32 Å². The lowest BCUT2D eigenvalue weighted by atomic mass is 9.88. The molecule has 1 aromatic rings. The average molecular weight is 277 g/mol. The first kappa shape index (κ1) is 15.3. The van der Waals surface area contributed by atoms with Crippen LogP contribution in [0, 0.1) is 5.92 Å². The van der Waals surface area contributed by atoms with E-state index in [1.165, 1.54) is 12.0 Å². The third kappa shape index (κ3) is 3.97. The molecule has 1 saturated heterocycles. The highest BCUT2D eigenvalue weighted by Crippen LogP contribution is 2.34. The van der Waals surface area contributed by atoms with E-state index < -0.39 is 0 Å². The van der Waals surface area contributed by atoms with Crippen LogP contribution in [-0.4, -0.2) is 26.4 Å². The number of benzene rings is 1. The lowest BCUT2D eigenvalue weighted by Crippen LogP contribution is -2.34. The molecular formula is C17H27NO2. The summed E-state index contributed by atoms with van der Waals surface area (Å²) >= 11 is 0. The van der Waals surface area contributed by atoms with Gasteiger partial charge in [-0.3, -0.25) is 0 Å². The molecule has 2 unspecified atom stereocenters. The summed E-state index contributed by atoms with van der Waals surface area (Å²) < 4.78 is 11.5. The normalized spacial score (nSPS) is 20.6. The van der Waals surface area contributed by atoms with Gasteiger partial charge in [-0.25, -0.2) is 0 Å². The topological polar surface area (TPSA) is 30.5 Å². The molecule has 1 fully saturated rings. The van der Waals surface area contributed by atoms with E-state index in [9.17, 15) is 0 Å². The van der Waals surface area contributed by atoms with Gasteiger partial charge in [0, 0.05) is 24.1 Å². The Balaban J connectivity index is 2.20. The first-order valence-corrected chi connectivity index (χ1v) is 7.89. The molecule has 0 radical (unpaired) electrons. The van der Waals surface area contributed by atoms with Crippen LogP contribution in [0.25, 0.3) is 0 Å². The Kier molecular flexibility index (Phi) is 6.34. The molecule has 1 aromatic carbocycles. The predicted octanol–water partition coefficient (Wildman–Crippen LogP) is 3.55. The van der Waals surface area contributed by atoms with E-state index in [0.717, 1.165) is 38.3 Å². The largest absolute Gasteiger partial charge is 0.494 e. The molecule has 0 saturated carbocycles. The number of nitrogens with one attached hydrogen (secondary N) is 1. The summed E-state index contributed by atoms with van der Waals surface area (Å²) in [6.45, 7) is 7.73. The van der Waals surface area contributed by atoms with Crippen molar-refractivity contribution in [2.45, 2.75) is 39.2 Å². The Labute approximate surface area is 122 Å². The summed E-state index contributed by atoms with van der Waals surface area (Å²) in [6, 6.07) is 8.74. The molecule has 1 heterocycles. The molecule has 1 N–H and O–H groups in total. The Morgan fingerprint density at radius 1 is 1.35 bits per heavy atom. The van der Waals surface area contributed by atoms with Crippen molar-refractivity contribution >= 4 is 0 Å². The molecule has 3 heteroatoms. The highest BCUT2D eigenvalue weighted by molar-refractivity contribution is 5.36. The zero-order chi connectivity index (χ0) is 14.2. The fourth-order valence-corrected chi connectivity index (χ4v) is 2.88. The minimum atomic E-state index is 0.331. The first-order chi connectivity index (χ1) is 9.86. The highest BCUT2D eigenvalue weighted by Gasteiger charge is 2.27. The van der Waals surface area contributed by atoms with E-state index in [1.54, 1.807) is 0 Å². The maximum atomic E-state index is 5.81.